The molecule has 0 radical (unpaired) electrons. The Hall–Kier alpha value is -3.88. The van der Waals surface area contributed by atoms with Crippen LogP contribution in [0.3, 0.4) is 0 Å². The van der Waals surface area contributed by atoms with Gasteiger partial charge < -0.3 is 4.74 Å². The number of ether oxygens (including phenoxy) is 1. The second-order valence-corrected chi connectivity index (χ2v) is 6.91. The van der Waals surface area contributed by atoms with Crippen molar-refractivity contribution in [2.75, 3.05) is 6.54 Å². The SMILES string of the molecule is O=C(/C=C/c1cccc([N+](=O)[O-])c1)OC1CCCCN(C(=O)c2ccc(F)cc2)C1=O. The highest BCUT2D eigenvalue weighted by molar-refractivity contribution is 6.06. The molecule has 9 heteroatoms. The minimum Gasteiger partial charge on any atom is -0.449 e. The van der Waals surface area contributed by atoms with Crippen molar-refractivity contribution in [1.29, 1.82) is 0 Å². The molecule has 2 amide bonds. The maximum absolute atomic E-state index is 13.1. The van der Waals surface area contributed by atoms with Crippen LogP contribution in [0.1, 0.15) is 35.2 Å². The number of hydrogen-bond donors (Lipinski definition) is 0. The largest absolute Gasteiger partial charge is 0.449 e. The summed E-state index contributed by atoms with van der Waals surface area (Å²) in [6.07, 6.45) is 2.68. The first-order valence-electron chi connectivity index (χ1n) is 9.59. The molecule has 1 atom stereocenters. The number of hydrogen-bond acceptors (Lipinski definition) is 6. The standard InChI is InChI=1S/C22H19FN2O6/c23-17-10-8-16(9-11-17)21(27)24-13-2-1-6-19(22(24)28)31-20(26)12-7-15-4-3-5-18(14-15)25(29)30/h3-5,7-12,14,19H,1-2,6,13H2/b12-7+. The van der Waals surface area contributed by atoms with Crippen molar-refractivity contribution >= 4 is 29.5 Å². The number of non-ortho nitro benzene ring substituents is 1. The van der Waals surface area contributed by atoms with Gasteiger partial charge in [0, 0.05) is 30.3 Å². The normalized spacial score (nSPS) is 16.7. The van der Waals surface area contributed by atoms with Crippen molar-refractivity contribution < 1.29 is 28.4 Å². The molecule has 3 rings (SSSR count). The summed E-state index contributed by atoms with van der Waals surface area (Å²) in [7, 11) is 0. The second-order valence-electron chi connectivity index (χ2n) is 6.91. The van der Waals surface area contributed by atoms with Gasteiger partial charge in [-0.15, -0.1) is 0 Å². The van der Waals surface area contributed by atoms with Crippen LogP contribution in [0.4, 0.5) is 10.1 Å². The van der Waals surface area contributed by atoms with Crippen LogP contribution in [0.25, 0.3) is 6.08 Å². The van der Waals surface area contributed by atoms with Crippen LogP contribution < -0.4 is 0 Å². The Morgan fingerprint density at radius 1 is 1.16 bits per heavy atom. The van der Waals surface area contributed by atoms with E-state index >= 15 is 0 Å². The maximum atomic E-state index is 13.1. The molecule has 1 heterocycles. The summed E-state index contributed by atoms with van der Waals surface area (Å²) >= 11 is 0. The minimum atomic E-state index is -1.13. The van der Waals surface area contributed by atoms with Gasteiger partial charge in [0.05, 0.1) is 4.92 Å². The average Bonchev–Trinajstić information content (AvgIpc) is 2.94. The molecule has 0 saturated carbocycles. The lowest BCUT2D eigenvalue weighted by atomic mass is 10.1. The molecule has 0 aliphatic carbocycles. The number of esters is 1. The van der Waals surface area contributed by atoms with E-state index in [1.165, 1.54) is 36.4 Å². The van der Waals surface area contributed by atoms with Crippen molar-refractivity contribution in [3.63, 3.8) is 0 Å². The predicted octanol–water partition coefficient (Wildman–Crippen LogP) is 3.51. The van der Waals surface area contributed by atoms with Gasteiger partial charge in [0.1, 0.15) is 5.82 Å². The predicted molar refractivity (Wildman–Crippen MR) is 108 cm³/mol. The molecule has 1 fully saturated rings. The van der Waals surface area contributed by atoms with Crippen molar-refractivity contribution in [2.45, 2.75) is 25.4 Å². The first-order valence-corrected chi connectivity index (χ1v) is 9.59. The zero-order valence-electron chi connectivity index (χ0n) is 16.4. The fourth-order valence-electron chi connectivity index (χ4n) is 3.15. The third-order valence-corrected chi connectivity index (χ3v) is 4.73. The van der Waals surface area contributed by atoms with Crippen molar-refractivity contribution in [2.24, 2.45) is 0 Å². The molecule has 1 aliphatic rings. The Labute approximate surface area is 177 Å². The van der Waals surface area contributed by atoms with Gasteiger partial charge in [0.2, 0.25) is 0 Å². The molecule has 1 aliphatic heterocycles. The summed E-state index contributed by atoms with van der Waals surface area (Å²) in [6, 6.07) is 10.5. The van der Waals surface area contributed by atoms with Crippen molar-refractivity contribution in [3.05, 3.63) is 81.7 Å². The Balaban J connectivity index is 1.68. The van der Waals surface area contributed by atoms with Gasteiger partial charge in [-0.2, -0.15) is 0 Å². The molecule has 1 unspecified atom stereocenters. The van der Waals surface area contributed by atoms with E-state index in [9.17, 15) is 28.9 Å². The first-order chi connectivity index (χ1) is 14.8. The highest BCUT2D eigenvalue weighted by Gasteiger charge is 2.33. The number of carbonyl (C=O) groups excluding carboxylic acids is 3. The lowest BCUT2D eigenvalue weighted by molar-refractivity contribution is -0.384. The molecular formula is C22H19FN2O6. The number of carbonyl (C=O) groups is 3. The first kappa shape index (κ1) is 21.8. The molecule has 2 aromatic carbocycles. The van der Waals surface area contributed by atoms with E-state index < -0.39 is 34.6 Å². The number of nitro groups is 1. The molecule has 2 aromatic rings. The van der Waals surface area contributed by atoms with E-state index in [0.29, 0.717) is 18.4 Å². The summed E-state index contributed by atoms with van der Waals surface area (Å²) in [5, 5.41) is 10.8. The number of rotatable bonds is 5. The van der Waals surface area contributed by atoms with Gasteiger partial charge in [-0.1, -0.05) is 12.1 Å². The van der Waals surface area contributed by atoms with Crippen LogP contribution in [-0.4, -0.2) is 40.3 Å². The summed E-state index contributed by atoms with van der Waals surface area (Å²) in [5.41, 5.74) is 0.461. The summed E-state index contributed by atoms with van der Waals surface area (Å²) in [4.78, 5) is 49.0. The van der Waals surface area contributed by atoms with Crippen molar-refractivity contribution in [1.82, 2.24) is 4.90 Å². The average molecular weight is 426 g/mol. The minimum absolute atomic E-state index is 0.121. The van der Waals surface area contributed by atoms with E-state index in [1.54, 1.807) is 6.07 Å². The van der Waals surface area contributed by atoms with Gasteiger partial charge in [0.25, 0.3) is 17.5 Å². The van der Waals surface area contributed by atoms with Crippen LogP contribution in [-0.2, 0) is 14.3 Å². The maximum Gasteiger partial charge on any atom is 0.331 e. The fraction of sp³-hybridized carbons (Fsp3) is 0.227. The van der Waals surface area contributed by atoms with Crippen LogP contribution >= 0.6 is 0 Å². The molecular weight excluding hydrogens is 407 g/mol. The van der Waals surface area contributed by atoms with E-state index in [2.05, 4.69) is 0 Å². The lowest BCUT2D eigenvalue weighted by Gasteiger charge is -2.22. The van der Waals surface area contributed by atoms with Crippen LogP contribution in [0.5, 0.6) is 0 Å². The zero-order chi connectivity index (χ0) is 22.4. The Kier molecular flexibility index (Phi) is 6.86. The van der Waals surface area contributed by atoms with Crippen LogP contribution in [0, 0.1) is 15.9 Å². The molecule has 0 bridgehead atoms. The van der Waals surface area contributed by atoms with Gasteiger partial charge in [-0.05, 0) is 55.2 Å². The van der Waals surface area contributed by atoms with Crippen molar-refractivity contribution in [3.8, 4) is 0 Å². The number of imide groups is 1. The zero-order valence-corrected chi connectivity index (χ0v) is 16.4. The Bertz CT molecular complexity index is 1030. The Morgan fingerprint density at radius 3 is 2.61 bits per heavy atom. The van der Waals surface area contributed by atoms with E-state index in [-0.39, 0.29) is 24.2 Å². The van der Waals surface area contributed by atoms with Gasteiger partial charge >= 0.3 is 5.97 Å². The van der Waals surface area contributed by atoms with Gasteiger partial charge in [-0.25, -0.2) is 9.18 Å². The van der Waals surface area contributed by atoms with E-state index in [0.717, 1.165) is 23.1 Å². The highest BCUT2D eigenvalue weighted by atomic mass is 19.1. The number of nitrogens with zero attached hydrogens (tertiary/aromatic N) is 2. The smallest absolute Gasteiger partial charge is 0.331 e. The molecule has 0 spiro atoms. The number of benzene rings is 2. The highest BCUT2D eigenvalue weighted by Crippen LogP contribution is 2.19. The molecule has 31 heavy (non-hydrogen) atoms. The van der Waals surface area contributed by atoms with Crippen LogP contribution in [0.2, 0.25) is 0 Å². The number of amides is 2. The molecule has 1 saturated heterocycles. The third-order valence-electron chi connectivity index (χ3n) is 4.73. The number of nitro benzene ring substituents is 1. The summed E-state index contributed by atoms with van der Waals surface area (Å²) < 4.78 is 18.4. The van der Waals surface area contributed by atoms with E-state index in [1.807, 2.05) is 0 Å². The number of likely N-dealkylation sites (tertiary alicyclic amines) is 1. The van der Waals surface area contributed by atoms with Gasteiger partial charge in [-0.3, -0.25) is 24.6 Å². The molecule has 0 aromatic heterocycles. The Morgan fingerprint density at radius 2 is 1.90 bits per heavy atom. The van der Waals surface area contributed by atoms with Crippen LogP contribution in [0.15, 0.2) is 54.6 Å². The lowest BCUT2D eigenvalue weighted by Crippen LogP contribution is -2.43. The quantitative estimate of drug-likeness (QED) is 0.238. The van der Waals surface area contributed by atoms with Gasteiger partial charge in [0.15, 0.2) is 6.10 Å². The molecule has 0 N–H and O–H groups in total. The molecule has 160 valence electrons. The monoisotopic (exact) mass is 426 g/mol. The summed E-state index contributed by atoms with van der Waals surface area (Å²) in [6.45, 7) is 0.173. The third kappa shape index (κ3) is 5.59. The number of halogens is 1. The molecule has 8 nitrogen and oxygen atoms in total. The van der Waals surface area contributed by atoms with E-state index in [4.69, 9.17) is 4.74 Å². The summed E-state index contributed by atoms with van der Waals surface area (Å²) in [5.74, 6) is -2.52. The topological polar surface area (TPSA) is 107 Å². The fourth-order valence-corrected chi connectivity index (χ4v) is 3.15. The second kappa shape index (κ2) is 9.75.